The van der Waals surface area contributed by atoms with E-state index in [4.69, 9.17) is 9.47 Å². The second-order valence-corrected chi connectivity index (χ2v) is 6.01. The minimum absolute atomic E-state index is 0.218. The standard InChI is InChI=1S/C21H18O2/c1-21(16-8-10-17(22-2)11-9-16)13-14-23-20-18-6-4-3-5-15(18)7-12-19(20)21/h3-14H,1-2H3. The first-order chi connectivity index (χ1) is 11.2. The van der Waals surface area contributed by atoms with Crippen LogP contribution in [0.4, 0.5) is 0 Å². The second-order valence-electron chi connectivity index (χ2n) is 6.01. The highest BCUT2D eigenvalue weighted by Crippen LogP contribution is 2.45. The first kappa shape index (κ1) is 13.9. The molecule has 0 radical (unpaired) electrons. The molecular formula is C21H18O2. The zero-order valence-corrected chi connectivity index (χ0v) is 13.2. The molecule has 0 spiro atoms. The van der Waals surface area contributed by atoms with E-state index >= 15 is 0 Å². The van der Waals surface area contributed by atoms with Crippen LogP contribution in [-0.2, 0) is 5.41 Å². The van der Waals surface area contributed by atoms with Crippen molar-refractivity contribution in [2.45, 2.75) is 12.3 Å². The maximum Gasteiger partial charge on any atom is 0.138 e. The third kappa shape index (κ3) is 2.10. The fraction of sp³-hybridized carbons (Fsp3) is 0.143. The second kappa shape index (κ2) is 5.17. The molecule has 3 aromatic carbocycles. The normalized spacial score (nSPS) is 19.2. The largest absolute Gasteiger partial charge is 0.497 e. The van der Waals surface area contributed by atoms with E-state index in [-0.39, 0.29) is 5.41 Å². The van der Waals surface area contributed by atoms with Crippen LogP contribution in [0.3, 0.4) is 0 Å². The molecule has 0 amide bonds. The molecule has 0 saturated heterocycles. The van der Waals surface area contributed by atoms with E-state index in [2.05, 4.69) is 61.5 Å². The Hall–Kier alpha value is -2.74. The van der Waals surface area contributed by atoms with Crippen molar-refractivity contribution in [3.05, 3.63) is 84.1 Å². The van der Waals surface area contributed by atoms with Crippen molar-refractivity contribution in [3.63, 3.8) is 0 Å². The van der Waals surface area contributed by atoms with E-state index in [1.165, 1.54) is 16.5 Å². The highest BCUT2D eigenvalue weighted by molar-refractivity contribution is 5.90. The Balaban J connectivity index is 1.92. The van der Waals surface area contributed by atoms with E-state index in [0.717, 1.165) is 16.9 Å². The molecule has 1 atom stereocenters. The van der Waals surface area contributed by atoms with Crippen LogP contribution in [0.25, 0.3) is 10.8 Å². The predicted molar refractivity (Wildman–Crippen MR) is 93.2 cm³/mol. The summed E-state index contributed by atoms with van der Waals surface area (Å²) in [6, 6.07) is 20.9. The first-order valence-corrected chi connectivity index (χ1v) is 7.73. The number of benzene rings is 3. The van der Waals surface area contributed by atoms with Gasteiger partial charge in [0.05, 0.1) is 13.4 Å². The average molecular weight is 302 g/mol. The third-order valence-electron chi connectivity index (χ3n) is 4.72. The van der Waals surface area contributed by atoms with Crippen LogP contribution in [0.2, 0.25) is 0 Å². The zero-order chi connectivity index (χ0) is 15.9. The van der Waals surface area contributed by atoms with Crippen LogP contribution in [0.15, 0.2) is 73.0 Å². The number of hydrogen-bond donors (Lipinski definition) is 0. The van der Waals surface area contributed by atoms with Gasteiger partial charge in [-0.25, -0.2) is 0 Å². The van der Waals surface area contributed by atoms with Crippen molar-refractivity contribution >= 4 is 10.8 Å². The lowest BCUT2D eigenvalue weighted by Gasteiger charge is -2.32. The topological polar surface area (TPSA) is 18.5 Å². The predicted octanol–water partition coefficient (Wildman–Crippen LogP) is 5.06. The quantitative estimate of drug-likeness (QED) is 0.658. The van der Waals surface area contributed by atoms with Crippen molar-refractivity contribution < 1.29 is 9.47 Å². The van der Waals surface area contributed by atoms with Crippen molar-refractivity contribution in [2.24, 2.45) is 0 Å². The Morgan fingerprint density at radius 2 is 1.70 bits per heavy atom. The summed E-state index contributed by atoms with van der Waals surface area (Å²) in [6.07, 6.45) is 3.92. The van der Waals surface area contributed by atoms with Gasteiger partial charge in [-0.15, -0.1) is 0 Å². The third-order valence-corrected chi connectivity index (χ3v) is 4.72. The Kier molecular flexibility index (Phi) is 3.12. The van der Waals surface area contributed by atoms with Gasteiger partial charge in [-0.05, 0) is 36.1 Å². The maximum absolute atomic E-state index is 5.89. The van der Waals surface area contributed by atoms with Crippen LogP contribution < -0.4 is 9.47 Å². The van der Waals surface area contributed by atoms with Gasteiger partial charge in [-0.1, -0.05) is 48.5 Å². The van der Waals surface area contributed by atoms with Gasteiger partial charge in [0.15, 0.2) is 0 Å². The zero-order valence-electron chi connectivity index (χ0n) is 13.2. The number of ether oxygens (including phenoxy) is 2. The Labute approximate surface area is 136 Å². The van der Waals surface area contributed by atoms with Gasteiger partial charge in [-0.3, -0.25) is 0 Å². The van der Waals surface area contributed by atoms with Crippen LogP contribution in [-0.4, -0.2) is 7.11 Å². The van der Waals surface area contributed by atoms with Gasteiger partial charge in [0.1, 0.15) is 11.5 Å². The van der Waals surface area contributed by atoms with Gasteiger partial charge in [0.25, 0.3) is 0 Å². The number of allylic oxidation sites excluding steroid dienone is 1. The molecule has 1 aliphatic rings. The maximum atomic E-state index is 5.89. The summed E-state index contributed by atoms with van der Waals surface area (Å²) in [5.74, 6) is 1.82. The molecule has 0 aliphatic carbocycles. The number of methoxy groups -OCH3 is 1. The van der Waals surface area contributed by atoms with Gasteiger partial charge in [0, 0.05) is 16.4 Å². The van der Waals surface area contributed by atoms with Crippen LogP contribution in [0.5, 0.6) is 11.5 Å². The van der Waals surface area contributed by atoms with Gasteiger partial charge in [0.2, 0.25) is 0 Å². The molecule has 0 saturated carbocycles. The molecule has 1 unspecified atom stereocenters. The average Bonchev–Trinajstić information content (AvgIpc) is 2.62. The number of hydrogen-bond acceptors (Lipinski definition) is 2. The van der Waals surface area contributed by atoms with Crippen LogP contribution in [0, 0.1) is 0 Å². The molecule has 4 rings (SSSR count). The molecular weight excluding hydrogens is 284 g/mol. The van der Waals surface area contributed by atoms with Crippen molar-refractivity contribution in [1.82, 2.24) is 0 Å². The lowest BCUT2D eigenvalue weighted by atomic mass is 9.74. The summed E-state index contributed by atoms with van der Waals surface area (Å²) in [5.41, 5.74) is 2.18. The molecule has 2 heteroatoms. The molecule has 2 nitrogen and oxygen atoms in total. The molecule has 0 N–H and O–H groups in total. The molecule has 0 bridgehead atoms. The van der Waals surface area contributed by atoms with Crippen molar-refractivity contribution in [1.29, 1.82) is 0 Å². The van der Waals surface area contributed by atoms with Gasteiger partial charge < -0.3 is 9.47 Å². The molecule has 1 aliphatic heterocycles. The number of rotatable bonds is 2. The number of fused-ring (bicyclic) bond motifs is 3. The van der Waals surface area contributed by atoms with Crippen molar-refractivity contribution in [2.75, 3.05) is 7.11 Å². The van der Waals surface area contributed by atoms with E-state index < -0.39 is 0 Å². The molecule has 0 aromatic heterocycles. The van der Waals surface area contributed by atoms with Gasteiger partial charge in [-0.2, -0.15) is 0 Å². The Morgan fingerprint density at radius 1 is 0.913 bits per heavy atom. The lowest BCUT2D eigenvalue weighted by molar-refractivity contribution is 0.414. The van der Waals surface area contributed by atoms with E-state index in [9.17, 15) is 0 Å². The van der Waals surface area contributed by atoms with Crippen LogP contribution in [0.1, 0.15) is 18.1 Å². The summed E-state index contributed by atoms with van der Waals surface area (Å²) < 4.78 is 11.2. The molecule has 0 fully saturated rings. The monoisotopic (exact) mass is 302 g/mol. The summed E-state index contributed by atoms with van der Waals surface area (Å²) in [6.45, 7) is 2.22. The fourth-order valence-electron chi connectivity index (χ4n) is 3.30. The van der Waals surface area contributed by atoms with Gasteiger partial charge >= 0.3 is 0 Å². The lowest BCUT2D eigenvalue weighted by Crippen LogP contribution is -2.24. The summed E-state index contributed by atoms with van der Waals surface area (Å²) in [5, 5.41) is 2.34. The Morgan fingerprint density at radius 3 is 2.48 bits per heavy atom. The summed E-state index contributed by atoms with van der Waals surface area (Å²) >= 11 is 0. The highest BCUT2D eigenvalue weighted by atomic mass is 16.5. The summed E-state index contributed by atoms with van der Waals surface area (Å²) in [7, 11) is 1.69. The minimum atomic E-state index is -0.218. The minimum Gasteiger partial charge on any atom is -0.497 e. The summed E-state index contributed by atoms with van der Waals surface area (Å²) in [4.78, 5) is 0. The van der Waals surface area contributed by atoms with E-state index in [1.807, 2.05) is 12.1 Å². The van der Waals surface area contributed by atoms with E-state index in [1.54, 1.807) is 13.4 Å². The Bertz CT molecular complexity index is 893. The fourth-order valence-corrected chi connectivity index (χ4v) is 3.30. The molecule has 23 heavy (non-hydrogen) atoms. The molecule has 114 valence electrons. The van der Waals surface area contributed by atoms with E-state index in [0.29, 0.717) is 0 Å². The molecule has 1 heterocycles. The van der Waals surface area contributed by atoms with Crippen molar-refractivity contribution in [3.8, 4) is 11.5 Å². The first-order valence-electron chi connectivity index (χ1n) is 7.73. The highest BCUT2D eigenvalue weighted by Gasteiger charge is 2.32. The SMILES string of the molecule is COc1ccc(C2(C)C=COc3c2ccc2ccccc32)cc1. The van der Waals surface area contributed by atoms with Crippen LogP contribution >= 0.6 is 0 Å². The molecule has 3 aromatic rings. The smallest absolute Gasteiger partial charge is 0.138 e.